The van der Waals surface area contributed by atoms with E-state index in [-0.39, 0.29) is 16.3 Å². The predicted octanol–water partition coefficient (Wildman–Crippen LogP) is 3.34. The highest BCUT2D eigenvalue weighted by Gasteiger charge is 2.29. The van der Waals surface area contributed by atoms with Gasteiger partial charge in [0.2, 0.25) is 0 Å². The Morgan fingerprint density at radius 1 is 1.36 bits per heavy atom. The van der Waals surface area contributed by atoms with E-state index in [0.29, 0.717) is 5.56 Å². The van der Waals surface area contributed by atoms with Gasteiger partial charge < -0.3 is 5.73 Å². The van der Waals surface area contributed by atoms with E-state index in [4.69, 9.17) is 17.3 Å². The fourth-order valence-electron chi connectivity index (χ4n) is 1.15. The van der Waals surface area contributed by atoms with E-state index in [1.807, 2.05) is 0 Å². The predicted molar refractivity (Wildman–Crippen MR) is 50.4 cm³/mol. The molecule has 0 spiro atoms. The molecule has 0 fully saturated rings. The van der Waals surface area contributed by atoms with Crippen LogP contribution in [0, 0.1) is 6.92 Å². The average Bonchev–Trinajstić information content (AvgIpc) is 2.04. The summed E-state index contributed by atoms with van der Waals surface area (Å²) >= 11 is 5.68. The molecule has 1 aromatic rings. The van der Waals surface area contributed by atoms with Crippen LogP contribution in [0.3, 0.4) is 0 Å². The van der Waals surface area contributed by atoms with Gasteiger partial charge in [0.15, 0.2) is 0 Å². The second-order valence-corrected chi connectivity index (χ2v) is 3.43. The highest BCUT2D eigenvalue weighted by molar-refractivity contribution is 6.33. The molecule has 0 saturated carbocycles. The first-order valence-corrected chi connectivity index (χ1v) is 4.29. The Bertz CT molecular complexity index is 347. The third-order valence-corrected chi connectivity index (χ3v) is 2.33. The largest absolute Gasteiger partial charge is 0.398 e. The van der Waals surface area contributed by atoms with Crippen LogP contribution >= 0.6 is 11.6 Å². The lowest BCUT2D eigenvalue weighted by atomic mass is 10.0. The van der Waals surface area contributed by atoms with Crippen LogP contribution in [-0.4, -0.2) is 6.18 Å². The Balaban J connectivity index is 3.13. The number of nitrogens with two attached hydrogens (primary N) is 1. The zero-order chi connectivity index (χ0) is 10.9. The molecule has 14 heavy (non-hydrogen) atoms. The first-order valence-electron chi connectivity index (χ1n) is 3.91. The van der Waals surface area contributed by atoms with E-state index in [1.54, 1.807) is 6.92 Å². The van der Waals surface area contributed by atoms with Gasteiger partial charge in [-0.2, -0.15) is 13.2 Å². The molecule has 0 aliphatic rings. The van der Waals surface area contributed by atoms with Crippen LogP contribution in [0.15, 0.2) is 12.1 Å². The van der Waals surface area contributed by atoms with Crippen LogP contribution in [0.25, 0.3) is 0 Å². The number of halogens is 4. The summed E-state index contributed by atoms with van der Waals surface area (Å²) in [4.78, 5) is 0. The number of nitrogen functional groups attached to an aromatic ring is 1. The first-order chi connectivity index (χ1) is 6.31. The Morgan fingerprint density at radius 2 is 1.93 bits per heavy atom. The summed E-state index contributed by atoms with van der Waals surface area (Å²) in [5.74, 6) is 0. The number of hydrogen-bond acceptors (Lipinski definition) is 1. The number of alkyl halides is 3. The van der Waals surface area contributed by atoms with Gasteiger partial charge in [0.05, 0.1) is 17.1 Å². The van der Waals surface area contributed by atoms with Crippen molar-refractivity contribution in [2.24, 2.45) is 0 Å². The van der Waals surface area contributed by atoms with Crippen LogP contribution in [0.2, 0.25) is 5.02 Å². The number of benzene rings is 1. The van der Waals surface area contributed by atoms with Crippen LogP contribution in [0.1, 0.15) is 11.1 Å². The third kappa shape index (κ3) is 2.54. The van der Waals surface area contributed by atoms with Crippen molar-refractivity contribution in [2.75, 3.05) is 5.73 Å². The Labute approximate surface area is 84.7 Å². The van der Waals surface area contributed by atoms with Gasteiger partial charge in [0, 0.05) is 0 Å². The van der Waals surface area contributed by atoms with Crippen molar-refractivity contribution in [3.05, 3.63) is 28.3 Å². The molecule has 0 aliphatic carbocycles. The molecular weight excluding hydrogens is 215 g/mol. The van der Waals surface area contributed by atoms with E-state index in [9.17, 15) is 13.2 Å². The van der Waals surface area contributed by atoms with Gasteiger partial charge in [0.1, 0.15) is 0 Å². The van der Waals surface area contributed by atoms with Crippen molar-refractivity contribution < 1.29 is 13.2 Å². The minimum Gasteiger partial charge on any atom is -0.398 e. The molecule has 1 rings (SSSR count). The normalized spacial score (nSPS) is 11.8. The fourth-order valence-corrected chi connectivity index (χ4v) is 1.43. The molecular formula is C9H9ClF3N. The minimum absolute atomic E-state index is 0.00215. The van der Waals surface area contributed by atoms with Crippen LogP contribution in [-0.2, 0) is 6.42 Å². The molecule has 0 amide bonds. The third-order valence-electron chi connectivity index (χ3n) is 1.88. The summed E-state index contributed by atoms with van der Waals surface area (Å²) < 4.78 is 36.4. The number of rotatable bonds is 1. The van der Waals surface area contributed by atoms with Crippen molar-refractivity contribution in [1.82, 2.24) is 0 Å². The Kier molecular flexibility index (Phi) is 2.95. The SMILES string of the molecule is Cc1ccc(N)c(Cl)c1CC(F)(F)F. The number of aryl methyl sites for hydroxylation is 1. The summed E-state index contributed by atoms with van der Waals surface area (Å²) in [5, 5.41) is 0.00215. The molecule has 5 heteroatoms. The Hall–Kier alpha value is -0.900. The number of anilines is 1. The van der Waals surface area contributed by atoms with Gasteiger partial charge in [0.25, 0.3) is 0 Å². The zero-order valence-corrected chi connectivity index (χ0v) is 8.21. The molecule has 0 heterocycles. The lowest BCUT2D eigenvalue weighted by molar-refractivity contribution is -0.127. The lowest BCUT2D eigenvalue weighted by Gasteiger charge is -2.12. The first kappa shape index (κ1) is 11.2. The second kappa shape index (κ2) is 3.69. The standard InChI is InChI=1S/C9H9ClF3N/c1-5-2-3-7(14)8(10)6(5)4-9(11,12)13/h2-3H,4,14H2,1H3. The van der Waals surface area contributed by atoms with E-state index in [2.05, 4.69) is 0 Å². The van der Waals surface area contributed by atoms with Crippen molar-refractivity contribution in [3.8, 4) is 0 Å². The van der Waals surface area contributed by atoms with Crippen LogP contribution < -0.4 is 5.73 Å². The summed E-state index contributed by atoms with van der Waals surface area (Å²) in [6.07, 6.45) is -5.30. The molecule has 0 bridgehead atoms. The molecule has 0 aliphatic heterocycles. The second-order valence-electron chi connectivity index (χ2n) is 3.06. The minimum atomic E-state index is -4.26. The van der Waals surface area contributed by atoms with Gasteiger partial charge in [-0.1, -0.05) is 17.7 Å². The molecule has 2 N–H and O–H groups in total. The molecule has 0 unspecified atom stereocenters. The molecule has 1 nitrogen and oxygen atoms in total. The van der Waals surface area contributed by atoms with Gasteiger partial charge in [-0.3, -0.25) is 0 Å². The van der Waals surface area contributed by atoms with Gasteiger partial charge >= 0.3 is 6.18 Å². The van der Waals surface area contributed by atoms with Gasteiger partial charge in [-0.15, -0.1) is 0 Å². The highest BCUT2D eigenvalue weighted by atomic mass is 35.5. The number of hydrogen-bond donors (Lipinski definition) is 1. The van der Waals surface area contributed by atoms with Crippen LogP contribution in [0.5, 0.6) is 0 Å². The summed E-state index contributed by atoms with van der Waals surface area (Å²) in [7, 11) is 0. The zero-order valence-electron chi connectivity index (χ0n) is 7.45. The van der Waals surface area contributed by atoms with Gasteiger partial charge in [-0.25, -0.2) is 0 Å². The van der Waals surface area contributed by atoms with Crippen molar-refractivity contribution in [3.63, 3.8) is 0 Å². The maximum Gasteiger partial charge on any atom is 0.393 e. The fraction of sp³-hybridized carbons (Fsp3) is 0.333. The quantitative estimate of drug-likeness (QED) is 0.726. The van der Waals surface area contributed by atoms with Crippen molar-refractivity contribution >= 4 is 17.3 Å². The van der Waals surface area contributed by atoms with E-state index >= 15 is 0 Å². The average molecular weight is 224 g/mol. The van der Waals surface area contributed by atoms with E-state index in [1.165, 1.54) is 12.1 Å². The summed E-state index contributed by atoms with van der Waals surface area (Å²) in [6, 6.07) is 3.03. The molecule has 78 valence electrons. The molecule has 0 radical (unpaired) electrons. The molecule has 0 aromatic heterocycles. The summed E-state index contributed by atoms with van der Waals surface area (Å²) in [5.41, 5.74) is 6.14. The van der Waals surface area contributed by atoms with Gasteiger partial charge in [-0.05, 0) is 24.1 Å². The molecule has 0 saturated heterocycles. The smallest absolute Gasteiger partial charge is 0.393 e. The lowest BCUT2D eigenvalue weighted by Crippen LogP contribution is -2.13. The highest BCUT2D eigenvalue weighted by Crippen LogP contribution is 2.31. The van der Waals surface area contributed by atoms with Crippen molar-refractivity contribution in [2.45, 2.75) is 19.5 Å². The van der Waals surface area contributed by atoms with E-state index in [0.717, 1.165) is 0 Å². The maximum absolute atomic E-state index is 12.1. The van der Waals surface area contributed by atoms with Crippen LogP contribution in [0.4, 0.5) is 18.9 Å². The van der Waals surface area contributed by atoms with Crippen molar-refractivity contribution in [1.29, 1.82) is 0 Å². The maximum atomic E-state index is 12.1. The molecule has 0 atom stereocenters. The Morgan fingerprint density at radius 3 is 2.43 bits per heavy atom. The van der Waals surface area contributed by atoms with E-state index < -0.39 is 12.6 Å². The monoisotopic (exact) mass is 223 g/mol. The summed E-state index contributed by atoms with van der Waals surface area (Å²) in [6.45, 7) is 1.58. The molecule has 1 aromatic carbocycles. The topological polar surface area (TPSA) is 26.0 Å².